The second kappa shape index (κ2) is 4.34. The summed E-state index contributed by atoms with van der Waals surface area (Å²) in [7, 11) is 0. The lowest BCUT2D eigenvalue weighted by Gasteiger charge is -2.24. The molecule has 3 rings (SSSR count). The Morgan fingerprint density at radius 2 is 2.24 bits per heavy atom. The Morgan fingerprint density at radius 3 is 2.94 bits per heavy atom. The summed E-state index contributed by atoms with van der Waals surface area (Å²) in [4.78, 5) is 12.0. The van der Waals surface area contributed by atoms with Crippen LogP contribution in [-0.2, 0) is 17.6 Å². The molecule has 0 spiro atoms. The topological polar surface area (TPSA) is 26.3 Å². The summed E-state index contributed by atoms with van der Waals surface area (Å²) in [6.45, 7) is 0.709. The third-order valence-corrected chi connectivity index (χ3v) is 3.97. The van der Waals surface area contributed by atoms with Crippen LogP contribution in [0.2, 0.25) is 5.02 Å². The van der Waals surface area contributed by atoms with E-state index in [0.717, 1.165) is 36.1 Å². The molecule has 2 aliphatic rings. The molecule has 1 aromatic carbocycles. The minimum atomic E-state index is 0.283. The highest BCUT2D eigenvalue weighted by atomic mass is 35.5. The van der Waals surface area contributed by atoms with Crippen LogP contribution in [0.4, 0.5) is 0 Å². The molecule has 0 saturated heterocycles. The summed E-state index contributed by atoms with van der Waals surface area (Å²) in [5.41, 5.74) is 2.12. The maximum absolute atomic E-state index is 12.0. The van der Waals surface area contributed by atoms with E-state index >= 15 is 0 Å². The fraction of sp³-hybridized carbons (Fsp3) is 0.500. The van der Waals surface area contributed by atoms with Crippen LogP contribution in [0, 0.1) is 5.92 Å². The third kappa shape index (κ3) is 2.06. The van der Waals surface area contributed by atoms with Gasteiger partial charge in [0.05, 0.1) is 6.61 Å². The van der Waals surface area contributed by atoms with Gasteiger partial charge in [0.25, 0.3) is 0 Å². The fourth-order valence-electron chi connectivity index (χ4n) is 2.54. The Hall–Kier alpha value is -1.02. The number of halogens is 1. The zero-order valence-corrected chi connectivity index (χ0v) is 10.4. The Kier molecular flexibility index (Phi) is 2.83. The summed E-state index contributed by atoms with van der Waals surface area (Å²) in [6.07, 6.45) is 4.69. The van der Waals surface area contributed by atoms with E-state index in [-0.39, 0.29) is 5.92 Å². The molecule has 0 amide bonds. The standard InChI is InChI=1S/C14H15ClO2/c15-12-6-10-4-5-17-14(10)11(7-12)8-13(16)9-2-1-3-9/h6-7,9H,1-5,8H2. The molecular weight excluding hydrogens is 236 g/mol. The molecule has 1 aliphatic heterocycles. The molecule has 0 aromatic heterocycles. The van der Waals surface area contributed by atoms with E-state index in [0.29, 0.717) is 23.8 Å². The average molecular weight is 251 g/mol. The molecule has 1 heterocycles. The lowest BCUT2D eigenvalue weighted by molar-refractivity contribution is -0.124. The second-order valence-electron chi connectivity index (χ2n) is 4.92. The summed E-state index contributed by atoms with van der Waals surface area (Å²) in [6, 6.07) is 3.82. The molecule has 0 atom stereocenters. The van der Waals surface area contributed by atoms with E-state index in [2.05, 4.69) is 0 Å². The minimum absolute atomic E-state index is 0.283. The number of benzene rings is 1. The van der Waals surface area contributed by atoms with Crippen LogP contribution in [0.5, 0.6) is 5.75 Å². The van der Waals surface area contributed by atoms with E-state index in [1.54, 1.807) is 0 Å². The smallest absolute Gasteiger partial charge is 0.140 e. The molecule has 1 saturated carbocycles. The summed E-state index contributed by atoms with van der Waals surface area (Å²) >= 11 is 6.07. The number of carbonyl (C=O) groups is 1. The highest BCUT2D eigenvalue weighted by molar-refractivity contribution is 6.30. The van der Waals surface area contributed by atoms with E-state index in [4.69, 9.17) is 16.3 Å². The van der Waals surface area contributed by atoms with Crippen LogP contribution in [0.3, 0.4) is 0 Å². The predicted octanol–water partition coefficient (Wildman–Crippen LogP) is 3.19. The van der Waals surface area contributed by atoms with Gasteiger partial charge in [-0.05, 0) is 30.5 Å². The Morgan fingerprint density at radius 1 is 1.41 bits per heavy atom. The lowest BCUT2D eigenvalue weighted by Crippen LogP contribution is -2.23. The molecule has 1 aliphatic carbocycles. The molecule has 2 nitrogen and oxygen atoms in total. The van der Waals surface area contributed by atoms with Crippen LogP contribution in [0.15, 0.2) is 12.1 Å². The summed E-state index contributed by atoms with van der Waals surface area (Å²) in [5.74, 6) is 1.53. The van der Waals surface area contributed by atoms with Gasteiger partial charge < -0.3 is 4.74 Å². The van der Waals surface area contributed by atoms with Crippen molar-refractivity contribution in [1.82, 2.24) is 0 Å². The van der Waals surface area contributed by atoms with Crippen LogP contribution < -0.4 is 4.74 Å². The number of ether oxygens (including phenoxy) is 1. The van der Waals surface area contributed by atoms with Crippen molar-refractivity contribution < 1.29 is 9.53 Å². The number of carbonyl (C=O) groups excluding carboxylic acids is 1. The van der Waals surface area contributed by atoms with Crippen LogP contribution in [0.1, 0.15) is 30.4 Å². The van der Waals surface area contributed by atoms with Crippen molar-refractivity contribution in [3.05, 3.63) is 28.3 Å². The molecule has 1 fully saturated rings. The molecule has 90 valence electrons. The van der Waals surface area contributed by atoms with E-state index in [1.165, 1.54) is 6.42 Å². The van der Waals surface area contributed by atoms with Gasteiger partial charge in [-0.1, -0.05) is 18.0 Å². The Bertz CT molecular complexity index is 464. The van der Waals surface area contributed by atoms with E-state index < -0.39 is 0 Å². The van der Waals surface area contributed by atoms with Gasteiger partial charge >= 0.3 is 0 Å². The van der Waals surface area contributed by atoms with Gasteiger partial charge in [-0.3, -0.25) is 4.79 Å². The number of rotatable bonds is 3. The van der Waals surface area contributed by atoms with Gasteiger partial charge in [0, 0.05) is 29.3 Å². The van der Waals surface area contributed by atoms with E-state index in [1.807, 2.05) is 12.1 Å². The fourth-order valence-corrected chi connectivity index (χ4v) is 2.80. The van der Waals surface area contributed by atoms with Crippen molar-refractivity contribution in [2.45, 2.75) is 32.1 Å². The second-order valence-corrected chi connectivity index (χ2v) is 5.36. The number of Topliss-reactive ketones (excluding diaryl/α,β-unsaturated/α-hetero) is 1. The molecule has 17 heavy (non-hydrogen) atoms. The first-order valence-corrected chi connectivity index (χ1v) is 6.58. The molecule has 0 unspecified atom stereocenters. The van der Waals surface area contributed by atoms with Crippen LogP contribution in [-0.4, -0.2) is 12.4 Å². The van der Waals surface area contributed by atoms with Crippen molar-refractivity contribution >= 4 is 17.4 Å². The maximum Gasteiger partial charge on any atom is 0.140 e. The summed E-state index contributed by atoms with van der Waals surface area (Å²) in [5, 5.41) is 0.714. The number of hydrogen-bond donors (Lipinski definition) is 0. The Labute approximate surface area is 106 Å². The Balaban J connectivity index is 1.84. The minimum Gasteiger partial charge on any atom is -0.493 e. The number of hydrogen-bond acceptors (Lipinski definition) is 2. The van der Waals surface area contributed by atoms with Crippen molar-refractivity contribution in [2.24, 2.45) is 5.92 Å². The van der Waals surface area contributed by atoms with Crippen molar-refractivity contribution in [1.29, 1.82) is 0 Å². The SMILES string of the molecule is O=C(Cc1cc(Cl)cc2c1OCC2)C1CCC1. The van der Waals surface area contributed by atoms with E-state index in [9.17, 15) is 4.79 Å². The predicted molar refractivity (Wildman–Crippen MR) is 66.7 cm³/mol. The van der Waals surface area contributed by atoms with Crippen molar-refractivity contribution in [3.63, 3.8) is 0 Å². The molecule has 1 aromatic rings. The quantitative estimate of drug-likeness (QED) is 0.824. The van der Waals surface area contributed by atoms with Crippen molar-refractivity contribution in [2.75, 3.05) is 6.61 Å². The third-order valence-electron chi connectivity index (χ3n) is 3.75. The number of ketones is 1. The maximum atomic E-state index is 12.0. The molecule has 0 N–H and O–H groups in total. The van der Waals surface area contributed by atoms with Gasteiger partial charge in [-0.25, -0.2) is 0 Å². The highest BCUT2D eigenvalue weighted by Crippen LogP contribution is 2.35. The monoisotopic (exact) mass is 250 g/mol. The first-order valence-electron chi connectivity index (χ1n) is 6.21. The average Bonchev–Trinajstić information content (AvgIpc) is 2.62. The molecule has 0 bridgehead atoms. The summed E-state index contributed by atoms with van der Waals surface area (Å²) < 4.78 is 5.61. The van der Waals surface area contributed by atoms with Crippen LogP contribution >= 0.6 is 11.6 Å². The zero-order valence-electron chi connectivity index (χ0n) is 9.67. The zero-order chi connectivity index (χ0) is 11.8. The normalized spacial score (nSPS) is 18.4. The van der Waals surface area contributed by atoms with Gasteiger partial charge in [0.2, 0.25) is 0 Å². The largest absolute Gasteiger partial charge is 0.493 e. The van der Waals surface area contributed by atoms with Gasteiger partial charge in [0.1, 0.15) is 11.5 Å². The van der Waals surface area contributed by atoms with Crippen molar-refractivity contribution in [3.8, 4) is 5.75 Å². The van der Waals surface area contributed by atoms with Gasteiger partial charge in [-0.2, -0.15) is 0 Å². The van der Waals surface area contributed by atoms with Crippen LogP contribution in [0.25, 0.3) is 0 Å². The highest BCUT2D eigenvalue weighted by Gasteiger charge is 2.27. The molecule has 0 radical (unpaired) electrons. The first-order chi connectivity index (χ1) is 8.24. The lowest BCUT2D eigenvalue weighted by atomic mass is 9.80. The van der Waals surface area contributed by atoms with Gasteiger partial charge in [-0.15, -0.1) is 0 Å². The molecule has 3 heteroatoms. The first kappa shape index (κ1) is 11.1. The van der Waals surface area contributed by atoms with Gasteiger partial charge in [0.15, 0.2) is 0 Å². The molecular formula is C14H15ClO2. The number of fused-ring (bicyclic) bond motifs is 1.